The summed E-state index contributed by atoms with van der Waals surface area (Å²) < 4.78 is 16.0. The van der Waals surface area contributed by atoms with E-state index in [4.69, 9.17) is 0 Å². The van der Waals surface area contributed by atoms with E-state index in [1.165, 1.54) is 10.9 Å². The number of benzene rings is 1. The van der Waals surface area contributed by atoms with Crippen molar-refractivity contribution in [2.45, 2.75) is 19.9 Å². The fourth-order valence-electron chi connectivity index (χ4n) is 2.01. The highest BCUT2D eigenvalue weighted by atomic mass is 79.9. The lowest BCUT2D eigenvalue weighted by molar-refractivity contribution is 0.560. The SMILES string of the molecule is CCNC(c1sc(C)cc1Br)c1c(F)cccc1Br. The molecule has 1 heterocycles. The third-order valence-corrected chi connectivity index (χ3v) is 5.52. The van der Waals surface area contributed by atoms with Crippen LogP contribution in [-0.2, 0) is 0 Å². The van der Waals surface area contributed by atoms with E-state index in [2.05, 4.69) is 50.2 Å². The molecule has 1 atom stereocenters. The van der Waals surface area contributed by atoms with Crippen molar-refractivity contribution in [3.8, 4) is 0 Å². The maximum Gasteiger partial charge on any atom is 0.129 e. The van der Waals surface area contributed by atoms with Crippen LogP contribution in [0.3, 0.4) is 0 Å². The molecule has 2 aromatic rings. The van der Waals surface area contributed by atoms with Crippen LogP contribution in [0, 0.1) is 12.7 Å². The summed E-state index contributed by atoms with van der Waals surface area (Å²) >= 11 is 8.70. The van der Waals surface area contributed by atoms with E-state index in [-0.39, 0.29) is 11.9 Å². The number of hydrogen-bond donors (Lipinski definition) is 1. The predicted octanol–water partition coefficient (Wildman–Crippen LogP) is 5.42. The number of rotatable bonds is 4. The highest BCUT2D eigenvalue weighted by molar-refractivity contribution is 9.10. The van der Waals surface area contributed by atoms with Gasteiger partial charge in [0.15, 0.2) is 0 Å². The molecule has 0 amide bonds. The Hall–Kier alpha value is -0.230. The minimum Gasteiger partial charge on any atom is -0.306 e. The maximum atomic E-state index is 14.2. The smallest absolute Gasteiger partial charge is 0.129 e. The molecule has 5 heteroatoms. The molecule has 0 spiro atoms. The summed E-state index contributed by atoms with van der Waals surface area (Å²) in [7, 11) is 0. The Balaban J connectivity index is 2.54. The molecule has 0 saturated carbocycles. The van der Waals surface area contributed by atoms with Crippen molar-refractivity contribution in [3.05, 3.63) is 54.3 Å². The first-order valence-electron chi connectivity index (χ1n) is 5.97. The lowest BCUT2D eigenvalue weighted by Gasteiger charge is -2.20. The van der Waals surface area contributed by atoms with E-state index in [9.17, 15) is 4.39 Å². The zero-order valence-corrected chi connectivity index (χ0v) is 14.6. The number of aryl methyl sites for hydroxylation is 1. The van der Waals surface area contributed by atoms with Crippen LogP contribution in [-0.4, -0.2) is 6.54 Å². The van der Waals surface area contributed by atoms with Crippen LogP contribution >= 0.6 is 43.2 Å². The summed E-state index contributed by atoms with van der Waals surface area (Å²) in [5.74, 6) is -0.196. The van der Waals surface area contributed by atoms with Crippen molar-refractivity contribution in [1.29, 1.82) is 0 Å². The van der Waals surface area contributed by atoms with Crippen LogP contribution in [0.5, 0.6) is 0 Å². The molecular formula is C14H14Br2FNS. The summed E-state index contributed by atoms with van der Waals surface area (Å²) in [4.78, 5) is 2.31. The number of halogens is 3. The van der Waals surface area contributed by atoms with Crippen LogP contribution < -0.4 is 5.32 Å². The number of nitrogens with one attached hydrogen (secondary N) is 1. The van der Waals surface area contributed by atoms with E-state index in [0.717, 1.165) is 20.4 Å². The number of thiophene rings is 1. The molecule has 1 aromatic heterocycles. The van der Waals surface area contributed by atoms with Gasteiger partial charge in [0.05, 0.1) is 6.04 Å². The molecule has 102 valence electrons. The summed E-state index contributed by atoms with van der Waals surface area (Å²) in [6.07, 6.45) is 0. The standard InChI is InChI=1S/C14H14Br2FNS/c1-3-18-13(14-10(16)7-8(2)19-14)12-9(15)5-4-6-11(12)17/h4-7,13,18H,3H2,1-2H3. The van der Waals surface area contributed by atoms with Gasteiger partial charge in [0.25, 0.3) is 0 Å². The molecule has 0 fully saturated rings. The minimum absolute atomic E-state index is 0.145. The van der Waals surface area contributed by atoms with Crippen LogP contribution in [0.15, 0.2) is 33.2 Å². The van der Waals surface area contributed by atoms with Crippen molar-refractivity contribution < 1.29 is 4.39 Å². The second-order valence-electron chi connectivity index (χ2n) is 4.20. The molecule has 1 aromatic carbocycles. The van der Waals surface area contributed by atoms with Gasteiger partial charge < -0.3 is 5.32 Å². The summed E-state index contributed by atoms with van der Waals surface area (Å²) in [6, 6.07) is 7.00. The lowest BCUT2D eigenvalue weighted by atomic mass is 10.0. The predicted molar refractivity (Wildman–Crippen MR) is 86.4 cm³/mol. The molecule has 0 radical (unpaired) electrons. The Labute approximate surface area is 133 Å². The topological polar surface area (TPSA) is 12.0 Å². The third kappa shape index (κ3) is 3.27. The first-order chi connectivity index (χ1) is 9.04. The average molecular weight is 407 g/mol. The fourth-order valence-corrected chi connectivity index (χ4v) is 4.55. The van der Waals surface area contributed by atoms with Crippen LogP contribution in [0.1, 0.15) is 28.3 Å². The zero-order valence-electron chi connectivity index (χ0n) is 10.6. The van der Waals surface area contributed by atoms with E-state index in [1.54, 1.807) is 17.4 Å². The Morgan fingerprint density at radius 1 is 1.32 bits per heavy atom. The third-order valence-electron chi connectivity index (χ3n) is 2.80. The molecule has 19 heavy (non-hydrogen) atoms. The molecule has 1 unspecified atom stereocenters. The van der Waals surface area contributed by atoms with Gasteiger partial charge >= 0.3 is 0 Å². The zero-order chi connectivity index (χ0) is 14.0. The van der Waals surface area contributed by atoms with Gasteiger partial charge in [-0.3, -0.25) is 0 Å². The highest BCUT2D eigenvalue weighted by Gasteiger charge is 2.23. The van der Waals surface area contributed by atoms with Gasteiger partial charge in [-0.2, -0.15) is 0 Å². The monoisotopic (exact) mass is 405 g/mol. The van der Waals surface area contributed by atoms with Gasteiger partial charge in [-0.25, -0.2) is 4.39 Å². The summed E-state index contributed by atoms with van der Waals surface area (Å²) in [5, 5.41) is 3.36. The second kappa shape index (κ2) is 6.48. The van der Waals surface area contributed by atoms with Gasteiger partial charge in [0, 0.05) is 24.3 Å². The quantitative estimate of drug-likeness (QED) is 0.714. The van der Waals surface area contributed by atoms with E-state index in [1.807, 2.05) is 13.0 Å². The molecular weight excluding hydrogens is 393 g/mol. The van der Waals surface area contributed by atoms with Crippen molar-refractivity contribution >= 4 is 43.2 Å². The highest BCUT2D eigenvalue weighted by Crippen LogP contribution is 2.38. The molecule has 0 saturated heterocycles. The van der Waals surface area contributed by atoms with Gasteiger partial charge in [0.2, 0.25) is 0 Å². The first kappa shape index (κ1) is 15.2. The normalized spacial score (nSPS) is 12.7. The molecule has 1 N–H and O–H groups in total. The average Bonchev–Trinajstić information content (AvgIpc) is 2.67. The van der Waals surface area contributed by atoms with Gasteiger partial charge in [-0.15, -0.1) is 11.3 Å². The van der Waals surface area contributed by atoms with Gasteiger partial charge in [-0.1, -0.05) is 28.9 Å². The fraction of sp³-hybridized carbons (Fsp3) is 0.286. The summed E-state index contributed by atoms with van der Waals surface area (Å²) in [5.41, 5.74) is 0.659. The van der Waals surface area contributed by atoms with Gasteiger partial charge in [0.1, 0.15) is 5.82 Å². The Bertz CT molecular complexity index is 563. The minimum atomic E-state index is -0.196. The van der Waals surface area contributed by atoms with E-state index >= 15 is 0 Å². The van der Waals surface area contributed by atoms with E-state index in [0.29, 0.717) is 5.56 Å². The van der Waals surface area contributed by atoms with Crippen molar-refractivity contribution in [3.63, 3.8) is 0 Å². The van der Waals surface area contributed by atoms with Crippen LogP contribution in [0.25, 0.3) is 0 Å². The second-order valence-corrected chi connectivity index (χ2v) is 7.19. The largest absolute Gasteiger partial charge is 0.306 e. The Morgan fingerprint density at radius 2 is 2.05 bits per heavy atom. The maximum absolute atomic E-state index is 14.2. The van der Waals surface area contributed by atoms with Gasteiger partial charge in [-0.05, 0) is 47.6 Å². The van der Waals surface area contributed by atoms with E-state index < -0.39 is 0 Å². The first-order valence-corrected chi connectivity index (χ1v) is 8.38. The lowest BCUT2D eigenvalue weighted by Crippen LogP contribution is -2.23. The molecule has 1 nitrogen and oxygen atoms in total. The van der Waals surface area contributed by atoms with Crippen LogP contribution in [0.2, 0.25) is 0 Å². The Morgan fingerprint density at radius 3 is 2.58 bits per heavy atom. The molecule has 2 rings (SSSR count). The number of hydrogen-bond acceptors (Lipinski definition) is 2. The van der Waals surface area contributed by atoms with Crippen molar-refractivity contribution in [2.24, 2.45) is 0 Å². The molecule has 0 aliphatic rings. The van der Waals surface area contributed by atoms with Crippen LogP contribution in [0.4, 0.5) is 4.39 Å². The Kier molecular flexibility index (Phi) is 5.17. The van der Waals surface area contributed by atoms with Crippen molar-refractivity contribution in [1.82, 2.24) is 5.32 Å². The molecule has 0 bridgehead atoms. The molecule has 0 aliphatic heterocycles. The van der Waals surface area contributed by atoms with Crippen molar-refractivity contribution in [2.75, 3.05) is 6.54 Å². The summed E-state index contributed by atoms with van der Waals surface area (Å²) in [6.45, 7) is 4.85. The molecule has 0 aliphatic carbocycles.